The quantitative estimate of drug-likeness (QED) is 0.425. The van der Waals surface area contributed by atoms with Crippen LogP contribution in [0.25, 0.3) is 0 Å². The Kier molecular flexibility index (Phi) is 2.43. The van der Waals surface area contributed by atoms with Gasteiger partial charge >= 0.3 is 11.8 Å². The van der Waals surface area contributed by atoms with Crippen molar-refractivity contribution in [3.8, 4) is 0 Å². The van der Waals surface area contributed by atoms with Crippen molar-refractivity contribution in [3.63, 3.8) is 0 Å². The molecule has 0 spiro atoms. The molecule has 1 aliphatic heterocycles. The standard InChI is InChI=1S/C6H11N3O2/c7-1-3-9-4-2-8-5(10)6(9)11/h1-4,7H2,(H,8,10)/p+1. The van der Waals surface area contributed by atoms with Crippen LogP contribution >= 0.6 is 0 Å². The Labute approximate surface area is 64.5 Å². The zero-order valence-electron chi connectivity index (χ0n) is 6.30. The minimum atomic E-state index is -0.496. The average Bonchev–Trinajstić information content (AvgIpc) is 1.99. The maximum atomic E-state index is 11.0. The Balaban J connectivity index is 2.51. The molecule has 0 aromatic heterocycles. The van der Waals surface area contributed by atoms with Gasteiger partial charge in [0.05, 0.1) is 13.1 Å². The van der Waals surface area contributed by atoms with Crippen LogP contribution < -0.4 is 11.1 Å². The van der Waals surface area contributed by atoms with E-state index < -0.39 is 11.8 Å². The van der Waals surface area contributed by atoms with Crippen molar-refractivity contribution in [2.45, 2.75) is 0 Å². The smallest absolute Gasteiger partial charge is 0.312 e. The van der Waals surface area contributed by atoms with E-state index in [1.165, 1.54) is 4.90 Å². The maximum absolute atomic E-state index is 11.0. The molecule has 5 nitrogen and oxygen atoms in total. The number of hydrogen-bond acceptors (Lipinski definition) is 2. The van der Waals surface area contributed by atoms with Gasteiger partial charge in [0.2, 0.25) is 0 Å². The number of nitrogens with one attached hydrogen (secondary N) is 1. The lowest BCUT2D eigenvalue weighted by molar-refractivity contribution is -0.368. The minimum Gasteiger partial charge on any atom is -0.356 e. The Morgan fingerprint density at radius 1 is 1.55 bits per heavy atom. The SMILES string of the molecule is [NH3+]CCN1CCNC(=O)C1=O. The Morgan fingerprint density at radius 2 is 2.27 bits per heavy atom. The van der Waals surface area contributed by atoms with Crippen LogP contribution in [0, 0.1) is 0 Å². The fraction of sp³-hybridized carbons (Fsp3) is 0.667. The second-order valence-electron chi connectivity index (χ2n) is 2.40. The summed E-state index contributed by atoms with van der Waals surface area (Å²) in [7, 11) is 0. The van der Waals surface area contributed by atoms with Crippen molar-refractivity contribution >= 4 is 11.8 Å². The molecule has 0 aromatic carbocycles. The van der Waals surface area contributed by atoms with Gasteiger partial charge in [-0.1, -0.05) is 0 Å². The summed E-state index contributed by atoms with van der Waals surface area (Å²) >= 11 is 0. The number of quaternary nitrogens is 1. The van der Waals surface area contributed by atoms with Gasteiger partial charge in [0, 0.05) is 13.1 Å². The zero-order valence-corrected chi connectivity index (χ0v) is 6.30. The van der Waals surface area contributed by atoms with Gasteiger partial charge in [-0.15, -0.1) is 0 Å². The molecule has 0 bridgehead atoms. The number of amides is 2. The second kappa shape index (κ2) is 3.34. The van der Waals surface area contributed by atoms with Crippen molar-refractivity contribution in [3.05, 3.63) is 0 Å². The van der Waals surface area contributed by atoms with E-state index in [9.17, 15) is 9.59 Å². The lowest BCUT2D eigenvalue weighted by Crippen LogP contribution is -2.59. The molecule has 4 N–H and O–H groups in total. The van der Waals surface area contributed by atoms with Crippen LogP contribution in [0.1, 0.15) is 0 Å². The first-order chi connectivity index (χ1) is 5.25. The van der Waals surface area contributed by atoms with Crippen LogP contribution in [-0.2, 0) is 9.59 Å². The van der Waals surface area contributed by atoms with Crippen molar-refractivity contribution in [1.29, 1.82) is 0 Å². The van der Waals surface area contributed by atoms with Gasteiger partial charge in [0.1, 0.15) is 0 Å². The molecule has 1 fully saturated rings. The monoisotopic (exact) mass is 158 g/mol. The van der Waals surface area contributed by atoms with E-state index in [0.717, 1.165) is 0 Å². The third-order valence-electron chi connectivity index (χ3n) is 1.58. The predicted molar refractivity (Wildman–Crippen MR) is 37.3 cm³/mol. The molecule has 0 aromatic rings. The van der Waals surface area contributed by atoms with E-state index in [1.807, 2.05) is 0 Å². The first-order valence-corrected chi connectivity index (χ1v) is 3.62. The van der Waals surface area contributed by atoms with Crippen molar-refractivity contribution < 1.29 is 15.3 Å². The van der Waals surface area contributed by atoms with E-state index in [0.29, 0.717) is 26.2 Å². The van der Waals surface area contributed by atoms with Gasteiger partial charge < -0.3 is 16.0 Å². The summed E-state index contributed by atoms with van der Waals surface area (Å²) in [6.45, 7) is 2.40. The van der Waals surface area contributed by atoms with Gasteiger partial charge in [-0.3, -0.25) is 9.59 Å². The first-order valence-electron chi connectivity index (χ1n) is 3.62. The number of carbonyl (C=O) groups is 2. The van der Waals surface area contributed by atoms with E-state index in [1.54, 1.807) is 0 Å². The first kappa shape index (κ1) is 8.00. The summed E-state index contributed by atoms with van der Waals surface area (Å²) in [5.41, 5.74) is 3.61. The number of nitrogens with zero attached hydrogens (tertiary/aromatic N) is 1. The van der Waals surface area contributed by atoms with Gasteiger partial charge in [-0.2, -0.15) is 0 Å². The normalized spacial score (nSPS) is 18.5. The molecule has 62 valence electrons. The Morgan fingerprint density at radius 3 is 2.91 bits per heavy atom. The number of piperazine rings is 1. The Bertz CT molecular complexity index is 179. The van der Waals surface area contributed by atoms with Crippen LogP contribution in [0.5, 0.6) is 0 Å². The molecule has 1 rings (SSSR count). The van der Waals surface area contributed by atoms with Gasteiger partial charge in [0.15, 0.2) is 0 Å². The predicted octanol–water partition coefficient (Wildman–Crippen LogP) is -2.81. The molecule has 0 atom stereocenters. The molecule has 5 heteroatoms. The highest BCUT2D eigenvalue weighted by molar-refractivity contribution is 6.35. The minimum absolute atomic E-state index is 0.431. The number of rotatable bonds is 2. The average molecular weight is 158 g/mol. The molecule has 0 saturated carbocycles. The second-order valence-corrected chi connectivity index (χ2v) is 2.40. The summed E-state index contributed by atoms with van der Waals surface area (Å²) in [6, 6.07) is 0. The zero-order chi connectivity index (χ0) is 8.27. The van der Waals surface area contributed by atoms with E-state index in [2.05, 4.69) is 11.1 Å². The van der Waals surface area contributed by atoms with Crippen LogP contribution in [-0.4, -0.2) is 42.9 Å². The van der Waals surface area contributed by atoms with E-state index >= 15 is 0 Å². The highest BCUT2D eigenvalue weighted by Gasteiger charge is 2.25. The maximum Gasteiger partial charge on any atom is 0.312 e. The van der Waals surface area contributed by atoms with Crippen LogP contribution in [0.4, 0.5) is 0 Å². The summed E-state index contributed by atoms with van der Waals surface area (Å²) in [5.74, 6) is -0.926. The van der Waals surface area contributed by atoms with Crippen molar-refractivity contribution in [2.24, 2.45) is 0 Å². The van der Waals surface area contributed by atoms with Crippen LogP contribution in [0.15, 0.2) is 0 Å². The van der Waals surface area contributed by atoms with Crippen LogP contribution in [0.3, 0.4) is 0 Å². The summed E-state index contributed by atoms with van der Waals surface area (Å²) in [6.07, 6.45) is 0. The summed E-state index contributed by atoms with van der Waals surface area (Å²) in [4.78, 5) is 23.3. The molecular weight excluding hydrogens is 146 g/mol. The summed E-state index contributed by atoms with van der Waals surface area (Å²) < 4.78 is 0. The van der Waals surface area contributed by atoms with E-state index in [-0.39, 0.29) is 0 Å². The lowest BCUT2D eigenvalue weighted by Gasteiger charge is -2.24. The largest absolute Gasteiger partial charge is 0.356 e. The third-order valence-corrected chi connectivity index (χ3v) is 1.58. The van der Waals surface area contributed by atoms with Gasteiger partial charge in [0.25, 0.3) is 0 Å². The number of carbonyl (C=O) groups excluding carboxylic acids is 2. The fourth-order valence-electron chi connectivity index (χ4n) is 1.03. The highest BCUT2D eigenvalue weighted by Crippen LogP contribution is 1.92. The number of hydrogen-bond donors (Lipinski definition) is 2. The van der Waals surface area contributed by atoms with Crippen LogP contribution in [0.2, 0.25) is 0 Å². The highest BCUT2D eigenvalue weighted by atomic mass is 16.2. The van der Waals surface area contributed by atoms with Gasteiger partial charge in [-0.25, -0.2) is 0 Å². The third kappa shape index (κ3) is 1.68. The topological polar surface area (TPSA) is 77.1 Å². The van der Waals surface area contributed by atoms with Gasteiger partial charge in [-0.05, 0) is 0 Å². The lowest BCUT2D eigenvalue weighted by atomic mass is 10.3. The van der Waals surface area contributed by atoms with Crippen molar-refractivity contribution in [1.82, 2.24) is 10.2 Å². The molecule has 1 saturated heterocycles. The Hall–Kier alpha value is -1.10. The molecule has 1 aliphatic rings. The molecule has 0 radical (unpaired) electrons. The van der Waals surface area contributed by atoms with Crippen molar-refractivity contribution in [2.75, 3.05) is 26.2 Å². The van der Waals surface area contributed by atoms with E-state index in [4.69, 9.17) is 0 Å². The summed E-state index contributed by atoms with van der Waals surface area (Å²) in [5, 5.41) is 2.47. The molecule has 0 aliphatic carbocycles. The molecule has 1 heterocycles. The fourth-order valence-corrected chi connectivity index (χ4v) is 1.03. The molecule has 0 unspecified atom stereocenters. The molecular formula is C6H12N3O2+. The molecule has 11 heavy (non-hydrogen) atoms. The molecule has 2 amide bonds.